The second kappa shape index (κ2) is 4.82. The van der Waals surface area contributed by atoms with Crippen molar-refractivity contribution in [1.29, 1.82) is 0 Å². The molecule has 2 saturated heterocycles. The van der Waals surface area contributed by atoms with Crippen molar-refractivity contribution in [2.45, 2.75) is 17.9 Å². The van der Waals surface area contributed by atoms with Crippen LogP contribution in [0.3, 0.4) is 0 Å². The van der Waals surface area contributed by atoms with Crippen LogP contribution < -0.4 is 11.1 Å². The quantitative estimate of drug-likeness (QED) is 0.775. The van der Waals surface area contributed by atoms with Crippen LogP contribution in [0.5, 0.6) is 0 Å². The molecule has 3 atom stereocenters. The van der Waals surface area contributed by atoms with Gasteiger partial charge >= 0.3 is 0 Å². The summed E-state index contributed by atoms with van der Waals surface area (Å²) in [6.07, 6.45) is 1.45. The van der Waals surface area contributed by atoms with Crippen LogP contribution in [0.15, 0.2) is 17.2 Å². The molecule has 0 saturated carbocycles. The fourth-order valence-corrected chi connectivity index (χ4v) is 5.31. The number of nitrogens with one attached hydrogen (secondary N) is 1. The summed E-state index contributed by atoms with van der Waals surface area (Å²) >= 11 is 0. The van der Waals surface area contributed by atoms with Crippen molar-refractivity contribution in [3.8, 4) is 0 Å². The molecule has 2 aliphatic heterocycles. The molecule has 1 aromatic heterocycles. The minimum Gasteiger partial charge on any atom is -0.364 e. The zero-order chi connectivity index (χ0) is 15.4. The summed E-state index contributed by atoms with van der Waals surface area (Å²) in [7, 11) is -1.97. The lowest BCUT2D eigenvalue weighted by molar-refractivity contribution is 0.0992. The number of amides is 1. The number of carbonyl (C=O) groups excluding carboxylic acids is 1. The number of sulfonamides is 1. The molecule has 21 heavy (non-hydrogen) atoms. The molecule has 3 N–H and O–H groups in total. The summed E-state index contributed by atoms with van der Waals surface area (Å²) in [4.78, 5) is 11.4. The maximum Gasteiger partial charge on any atom is 0.265 e. The normalized spacial score (nSPS) is 29.7. The van der Waals surface area contributed by atoms with Crippen molar-refractivity contribution in [2.24, 2.45) is 24.6 Å². The number of carbonyl (C=O) groups is 1. The second-order valence-electron chi connectivity index (χ2n) is 5.93. The topological polar surface area (TPSA) is 97.4 Å². The molecule has 0 radical (unpaired) electrons. The van der Waals surface area contributed by atoms with Crippen LogP contribution >= 0.6 is 0 Å². The monoisotopic (exact) mass is 312 g/mol. The predicted molar refractivity (Wildman–Crippen MR) is 77.1 cm³/mol. The van der Waals surface area contributed by atoms with Crippen LogP contribution in [0.4, 0.5) is 0 Å². The first-order valence-corrected chi connectivity index (χ1v) is 8.45. The molecule has 0 spiro atoms. The van der Waals surface area contributed by atoms with E-state index in [0.29, 0.717) is 18.4 Å². The summed E-state index contributed by atoms with van der Waals surface area (Å²) in [5.41, 5.74) is 5.45. The van der Waals surface area contributed by atoms with E-state index >= 15 is 0 Å². The minimum absolute atomic E-state index is 0.0350. The lowest BCUT2D eigenvalue weighted by atomic mass is 9.95. The molecule has 1 aromatic rings. The van der Waals surface area contributed by atoms with Gasteiger partial charge in [0.2, 0.25) is 10.0 Å². The largest absolute Gasteiger partial charge is 0.364 e. The zero-order valence-corrected chi connectivity index (χ0v) is 12.9. The van der Waals surface area contributed by atoms with E-state index in [0.717, 1.165) is 13.1 Å². The van der Waals surface area contributed by atoms with Crippen LogP contribution in [0.25, 0.3) is 0 Å². The summed E-state index contributed by atoms with van der Waals surface area (Å²) in [5.74, 6) is 0.0997. The smallest absolute Gasteiger partial charge is 0.265 e. The van der Waals surface area contributed by atoms with Crippen molar-refractivity contribution in [1.82, 2.24) is 14.2 Å². The van der Waals surface area contributed by atoms with Gasteiger partial charge < -0.3 is 15.6 Å². The van der Waals surface area contributed by atoms with Crippen molar-refractivity contribution in [3.05, 3.63) is 18.0 Å². The Labute approximate surface area is 124 Å². The number of nitrogens with zero attached hydrogens (tertiary/aromatic N) is 2. The van der Waals surface area contributed by atoms with Gasteiger partial charge in [0.25, 0.3) is 5.91 Å². The van der Waals surface area contributed by atoms with E-state index in [1.807, 2.05) is 6.92 Å². The molecule has 3 unspecified atom stereocenters. The van der Waals surface area contributed by atoms with Gasteiger partial charge in [0.1, 0.15) is 10.6 Å². The Balaban J connectivity index is 1.94. The van der Waals surface area contributed by atoms with E-state index < -0.39 is 15.9 Å². The molecule has 0 aliphatic carbocycles. The number of nitrogens with two attached hydrogens (primary N) is 1. The Morgan fingerprint density at radius 3 is 2.71 bits per heavy atom. The molecular weight excluding hydrogens is 292 g/mol. The zero-order valence-electron chi connectivity index (χ0n) is 12.1. The van der Waals surface area contributed by atoms with Gasteiger partial charge in [-0.2, -0.15) is 4.31 Å². The molecule has 116 valence electrons. The van der Waals surface area contributed by atoms with Crippen LogP contribution in [0.2, 0.25) is 0 Å². The van der Waals surface area contributed by atoms with Gasteiger partial charge in [-0.25, -0.2) is 8.42 Å². The molecule has 0 bridgehead atoms. The number of primary amides is 1. The lowest BCUT2D eigenvalue weighted by Crippen LogP contribution is -2.37. The molecule has 7 nitrogen and oxygen atoms in total. The van der Waals surface area contributed by atoms with Gasteiger partial charge in [-0.05, 0) is 37.9 Å². The predicted octanol–water partition coefficient (Wildman–Crippen LogP) is -0.648. The Kier molecular flexibility index (Phi) is 3.34. The van der Waals surface area contributed by atoms with Gasteiger partial charge in [-0.3, -0.25) is 4.79 Å². The molecule has 0 aromatic carbocycles. The number of fused-ring (bicyclic) bond motifs is 1. The third-order valence-corrected chi connectivity index (χ3v) is 6.64. The van der Waals surface area contributed by atoms with Crippen LogP contribution in [-0.4, -0.2) is 48.9 Å². The SMILES string of the molecule is CC1C2CNCC2CN1S(=O)(=O)c1cc(C(N)=O)n(C)c1. The highest BCUT2D eigenvalue weighted by Crippen LogP contribution is 2.36. The van der Waals surface area contributed by atoms with Crippen molar-refractivity contribution < 1.29 is 13.2 Å². The first-order valence-electron chi connectivity index (χ1n) is 7.01. The highest BCUT2D eigenvalue weighted by atomic mass is 32.2. The first kappa shape index (κ1) is 14.6. The number of rotatable bonds is 3. The van der Waals surface area contributed by atoms with Crippen LogP contribution in [0, 0.1) is 11.8 Å². The van der Waals surface area contributed by atoms with E-state index in [-0.39, 0.29) is 16.6 Å². The first-order chi connectivity index (χ1) is 9.82. The molecule has 2 fully saturated rings. The lowest BCUT2D eigenvalue weighted by Gasteiger charge is -2.23. The van der Waals surface area contributed by atoms with Crippen LogP contribution in [0.1, 0.15) is 17.4 Å². The summed E-state index contributed by atoms with van der Waals surface area (Å²) in [6, 6.07) is 1.32. The second-order valence-corrected chi connectivity index (χ2v) is 7.82. The maximum atomic E-state index is 12.8. The summed E-state index contributed by atoms with van der Waals surface area (Å²) in [6.45, 7) is 4.21. The Morgan fingerprint density at radius 2 is 2.14 bits per heavy atom. The third-order valence-electron chi connectivity index (χ3n) is 4.72. The molecule has 3 rings (SSSR count). The Bertz CT molecular complexity index is 682. The number of hydrogen-bond donors (Lipinski definition) is 2. The Morgan fingerprint density at radius 1 is 1.43 bits per heavy atom. The van der Waals surface area contributed by atoms with E-state index in [2.05, 4.69) is 5.32 Å². The molecule has 3 heterocycles. The van der Waals surface area contributed by atoms with E-state index in [4.69, 9.17) is 5.73 Å². The van der Waals surface area contributed by atoms with Crippen LogP contribution in [-0.2, 0) is 17.1 Å². The summed E-state index contributed by atoms with van der Waals surface area (Å²) < 4.78 is 28.6. The molecule has 2 aliphatic rings. The van der Waals surface area contributed by atoms with Crippen molar-refractivity contribution in [3.63, 3.8) is 0 Å². The fourth-order valence-electron chi connectivity index (χ4n) is 3.50. The number of aromatic nitrogens is 1. The van der Waals surface area contributed by atoms with Gasteiger partial charge in [-0.1, -0.05) is 0 Å². The minimum atomic E-state index is -3.59. The standard InChI is InChI=1S/C13H20N4O3S/c1-8-11-5-15-4-9(11)6-17(8)21(19,20)10-3-12(13(14)18)16(2)7-10/h3,7-9,11,15H,4-6H2,1-2H3,(H2,14,18). The van der Waals surface area contributed by atoms with E-state index in [9.17, 15) is 13.2 Å². The fraction of sp³-hybridized carbons (Fsp3) is 0.615. The number of hydrogen-bond acceptors (Lipinski definition) is 4. The highest BCUT2D eigenvalue weighted by Gasteiger charge is 2.47. The maximum absolute atomic E-state index is 12.8. The van der Waals surface area contributed by atoms with Gasteiger partial charge in [-0.15, -0.1) is 0 Å². The Hall–Kier alpha value is -1.38. The molecule has 1 amide bonds. The molecular formula is C13H20N4O3S. The summed E-state index contributed by atoms with van der Waals surface area (Å²) in [5, 5.41) is 3.31. The average Bonchev–Trinajstić information content (AvgIpc) is 3.06. The molecule has 8 heteroatoms. The van der Waals surface area contributed by atoms with Gasteiger partial charge in [0.05, 0.1) is 0 Å². The number of aryl methyl sites for hydroxylation is 1. The van der Waals surface area contributed by atoms with Gasteiger partial charge in [0, 0.05) is 25.8 Å². The third kappa shape index (κ3) is 2.18. The van der Waals surface area contributed by atoms with E-state index in [1.165, 1.54) is 16.8 Å². The van der Waals surface area contributed by atoms with Crippen molar-refractivity contribution >= 4 is 15.9 Å². The van der Waals surface area contributed by atoms with E-state index in [1.54, 1.807) is 11.4 Å². The average molecular weight is 312 g/mol. The van der Waals surface area contributed by atoms with Crippen molar-refractivity contribution in [2.75, 3.05) is 19.6 Å². The highest BCUT2D eigenvalue weighted by molar-refractivity contribution is 7.89. The van der Waals surface area contributed by atoms with Gasteiger partial charge in [0.15, 0.2) is 0 Å².